The van der Waals surface area contributed by atoms with Gasteiger partial charge in [0.15, 0.2) is 0 Å². The van der Waals surface area contributed by atoms with E-state index in [2.05, 4.69) is 16.0 Å². The summed E-state index contributed by atoms with van der Waals surface area (Å²) in [6.45, 7) is 1.05. The van der Waals surface area contributed by atoms with Crippen molar-refractivity contribution in [2.24, 2.45) is 5.92 Å². The Bertz CT molecular complexity index is 800. The van der Waals surface area contributed by atoms with E-state index in [1.54, 1.807) is 25.4 Å². The van der Waals surface area contributed by atoms with Gasteiger partial charge in [-0.05, 0) is 12.3 Å². The van der Waals surface area contributed by atoms with E-state index in [1.807, 2.05) is 0 Å². The highest BCUT2D eigenvalue weighted by Crippen LogP contribution is 2.39. The highest BCUT2D eigenvalue weighted by Gasteiger charge is 2.63. The van der Waals surface area contributed by atoms with Crippen LogP contribution in [0.5, 0.6) is 0 Å². The predicted molar refractivity (Wildman–Crippen MR) is 91.8 cm³/mol. The van der Waals surface area contributed by atoms with Crippen molar-refractivity contribution >= 4 is 11.9 Å². The number of nitrogens with one attached hydrogen (secondary N) is 3. The summed E-state index contributed by atoms with van der Waals surface area (Å²) in [5.41, 5.74) is 0.676. The van der Waals surface area contributed by atoms with E-state index in [-0.39, 0.29) is 6.54 Å². The third kappa shape index (κ3) is 2.85. The highest BCUT2D eigenvalue weighted by molar-refractivity contribution is 5.80. The summed E-state index contributed by atoms with van der Waals surface area (Å²) in [6, 6.07) is 0.289. The predicted octanol–water partition coefficient (Wildman–Crippen LogP) is -3.03. The minimum Gasteiger partial charge on any atom is -0.367 e. The van der Waals surface area contributed by atoms with Crippen molar-refractivity contribution < 1.29 is 30.0 Å². The van der Waals surface area contributed by atoms with Crippen LogP contribution in [0.3, 0.4) is 0 Å². The number of carbonyl (C=O) groups excluding carboxylic acids is 2. The van der Waals surface area contributed by atoms with Gasteiger partial charge in [0, 0.05) is 25.1 Å². The van der Waals surface area contributed by atoms with E-state index in [0.717, 1.165) is 0 Å². The fourth-order valence-electron chi connectivity index (χ4n) is 3.70. The molecule has 3 amide bonds. The molecule has 1 saturated heterocycles. The molecule has 1 fully saturated rings. The molecule has 7 N–H and O–H groups in total. The maximum Gasteiger partial charge on any atom is 0.322 e. The van der Waals surface area contributed by atoms with Gasteiger partial charge in [0.05, 0.1) is 12.1 Å². The van der Waals surface area contributed by atoms with Crippen molar-refractivity contribution in [2.45, 2.75) is 37.3 Å². The second kappa shape index (κ2) is 6.64. The zero-order valence-corrected chi connectivity index (χ0v) is 15.2. The number of urea groups is 1. The lowest BCUT2D eigenvalue weighted by molar-refractivity contribution is -0.437. The number of likely N-dealkylation sites (N-methyl/N-ethyl adjacent to an activating group) is 1. The van der Waals surface area contributed by atoms with Crippen LogP contribution in [0.1, 0.15) is 13.3 Å². The molecule has 12 nitrogen and oxygen atoms in total. The molecule has 0 saturated carbocycles. The van der Waals surface area contributed by atoms with Gasteiger partial charge in [-0.25, -0.2) is 4.79 Å². The van der Waals surface area contributed by atoms with Crippen LogP contribution in [0.25, 0.3) is 0 Å². The fourth-order valence-corrected chi connectivity index (χ4v) is 3.70. The average molecular weight is 394 g/mol. The lowest BCUT2D eigenvalue weighted by atomic mass is 9.83. The Morgan fingerprint density at radius 2 is 2.11 bits per heavy atom. The van der Waals surface area contributed by atoms with E-state index >= 15 is 0 Å². The van der Waals surface area contributed by atoms with Crippen molar-refractivity contribution in [1.82, 2.24) is 25.8 Å². The molecule has 3 atom stereocenters. The molecule has 0 aromatic heterocycles. The summed E-state index contributed by atoms with van der Waals surface area (Å²) < 4.78 is 0. The van der Waals surface area contributed by atoms with Crippen molar-refractivity contribution in [2.75, 3.05) is 13.6 Å². The van der Waals surface area contributed by atoms with Gasteiger partial charge in [0.1, 0.15) is 18.4 Å². The Hall–Kier alpha value is -2.85. The van der Waals surface area contributed by atoms with Gasteiger partial charge in [0.25, 0.3) is 0 Å². The van der Waals surface area contributed by atoms with Crippen molar-refractivity contribution in [3.05, 3.63) is 23.7 Å². The first-order valence-electron chi connectivity index (χ1n) is 8.56. The van der Waals surface area contributed by atoms with Crippen LogP contribution in [0, 0.1) is 17.2 Å². The molecule has 3 aliphatic heterocycles. The minimum absolute atomic E-state index is 0.323. The quantitative estimate of drug-likeness (QED) is 0.245. The number of aliphatic hydroxyl groups is 4. The molecule has 0 aromatic carbocycles. The van der Waals surface area contributed by atoms with E-state index in [9.17, 15) is 30.0 Å². The summed E-state index contributed by atoms with van der Waals surface area (Å²) in [7, 11) is 1.57. The highest BCUT2D eigenvalue weighted by atomic mass is 16.6. The SMILES string of the molecule is CC1C(N(C)C2=C3C=CNC3NC(=O)N2)CN(C(=O)CC#N)C(O)(O)C1(O)O. The molecular weight excluding hydrogens is 372 g/mol. The zero-order valence-electron chi connectivity index (χ0n) is 15.2. The number of nitriles is 1. The van der Waals surface area contributed by atoms with Crippen LogP contribution < -0.4 is 16.0 Å². The number of carbonyl (C=O) groups is 2. The number of rotatable bonds is 3. The summed E-state index contributed by atoms with van der Waals surface area (Å²) >= 11 is 0. The topological polar surface area (TPSA) is 181 Å². The summed E-state index contributed by atoms with van der Waals surface area (Å²) in [5, 5.41) is 58.4. The smallest absolute Gasteiger partial charge is 0.322 e. The van der Waals surface area contributed by atoms with Crippen LogP contribution in [0.15, 0.2) is 23.7 Å². The Morgan fingerprint density at radius 3 is 2.75 bits per heavy atom. The first-order chi connectivity index (χ1) is 13.0. The van der Waals surface area contributed by atoms with Gasteiger partial charge in [-0.2, -0.15) is 5.26 Å². The van der Waals surface area contributed by atoms with E-state index in [0.29, 0.717) is 16.3 Å². The van der Waals surface area contributed by atoms with Crippen LogP contribution >= 0.6 is 0 Å². The molecule has 0 aromatic rings. The van der Waals surface area contributed by atoms with Gasteiger partial charge >= 0.3 is 11.9 Å². The van der Waals surface area contributed by atoms with E-state index < -0.39 is 48.2 Å². The van der Waals surface area contributed by atoms with Gasteiger partial charge in [-0.3, -0.25) is 15.0 Å². The molecule has 0 aliphatic carbocycles. The lowest BCUT2D eigenvalue weighted by Gasteiger charge is -2.54. The first kappa shape index (κ1) is 19.9. The Morgan fingerprint density at radius 1 is 1.43 bits per heavy atom. The van der Waals surface area contributed by atoms with Crippen LogP contribution in [0.4, 0.5) is 4.79 Å². The Balaban J connectivity index is 1.99. The number of nitrogens with zero attached hydrogens (tertiary/aromatic N) is 3. The van der Waals surface area contributed by atoms with Gasteiger partial charge < -0.3 is 36.0 Å². The normalized spacial score (nSPS) is 30.0. The first-order valence-corrected chi connectivity index (χ1v) is 8.56. The van der Waals surface area contributed by atoms with Crippen molar-refractivity contribution in [3.63, 3.8) is 0 Å². The van der Waals surface area contributed by atoms with Gasteiger partial charge in [0.2, 0.25) is 11.7 Å². The molecule has 0 radical (unpaired) electrons. The Kier molecular flexibility index (Phi) is 4.72. The van der Waals surface area contributed by atoms with Crippen molar-refractivity contribution in [3.8, 4) is 6.07 Å². The Labute approximate surface area is 160 Å². The number of piperidine rings is 1. The number of likely N-dealkylation sites (tertiary alicyclic amines) is 1. The molecule has 3 aliphatic rings. The number of hydrogen-bond donors (Lipinski definition) is 7. The maximum atomic E-state index is 12.2. The van der Waals surface area contributed by atoms with Gasteiger partial charge in [-0.1, -0.05) is 6.92 Å². The molecule has 152 valence electrons. The molecule has 3 heterocycles. The third-order valence-electron chi connectivity index (χ3n) is 5.45. The second-order valence-electron chi connectivity index (χ2n) is 7.00. The molecule has 12 heteroatoms. The van der Waals surface area contributed by atoms with Crippen LogP contribution in [-0.4, -0.2) is 79.7 Å². The van der Waals surface area contributed by atoms with Gasteiger partial charge in [-0.15, -0.1) is 0 Å². The molecular formula is C16H22N6O6. The molecule has 28 heavy (non-hydrogen) atoms. The summed E-state index contributed by atoms with van der Waals surface area (Å²) in [4.78, 5) is 26.1. The zero-order chi connectivity index (χ0) is 20.9. The minimum atomic E-state index is -3.29. The van der Waals surface area contributed by atoms with Crippen molar-refractivity contribution in [1.29, 1.82) is 5.26 Å². The lowest BCUT2D eigenvalue weighted by Crippen LogP contribution is -2.77. The maximum absolute atomic E-state index is 12.2. The molecule has 3 unspecified atom stereocenters. The fraction of sp³-hybridized carbons (Fsp3) is 0.562. The standard InChI is InChI=1S/C16H22N6O6/c1-8-10(7-22(11(23)3-5-17)16(27,28)15(8,25)26)21(2)13-9-4-6-18-12(9)19-14(24)20-13/h4,6,8,10,12,18,25-28H,3,7H2,1-2H3,(H2,19,20,24). The van der Waals surface area contributed by atoms with Crippen LogP contribution in [-0.2, 0) is 4.79 Å². The number of amides is 3. The summed E-state index contributed by atoms with van der Waals surface area (Å²) in [5.74, 6) is -8.16. The number of fused-ring (bicyclic) bond motifs is 1. The van der Waals surface area contributed by atoms with Crippen LogP contribution in [0.2, 0.25) is 0 Å². The average Bonchev–Trinajstić information content (AvgIpc) is 3.07. The van der Waals surface area contributed by atoms with E-state index in [1.165, 1.54) is 11.8 Å². The summed E-state index contributed by atoms with van der Waals surface area (Å²) in [6.07, 6.45) is 2.22. The molecule has 0 bridgehead atoms. The molecule has 0 spiro atoms. The monoisotopic (exact) mass is 394 g/mol. The molecule has 3 rings (SSSR count). The number of hydrogen-bond acceptors (Lipinski definition) is 9. The second-order valence-corrected chi connectivity index (χ2v) is 7.00. The largest absolute Gasteiger partial charge is 0.367 e. The third-order valence-corrected chi connectivity index (χ3v) is 5.45. The van der Waals surface area contributed by atoms with E-state index in [4.69, 9.17) is 5.26 Å².